The second kappa shape index (κ2) is 10.8. The van der Waals surface area contributed by atoms with Crippen LogP contribution in [0.25, 0.3) is 6.08 Å². The van der Waals surface area contributed by atoms with Gasteiger partial charge in [0, 0.05) is 29.3 Å². The normalized spacial score (nSPS) is 15.1. The summed E-state index contributed by atoms with van der Waals surface area (Å²) in [7, 11) is 2.97. The van der Waals surface area contributed by atoms with Crippen LogP contribution in [0.2, 0.25) is 0 Å². The van der Waals surface area contributed by atoms with Crippen molar-refractivity contribution >= 4 is 45.0 Å². The van der Waals surface area contributed by atoms with E-state index in [0.29, 0.717) is 27.6 Å². The van der Waals surface area contributed by atoms with Gasteiger partial charge in [-0.3, -0.25) is 19.5 Å². The van der Waals surface area contributed by atoms with Gasteiger partial charge in [0.2, 0.25) is 0 Å². The Labute approximate surface area is 228 Å². The van der Waals surface area contributed by atoms with Gasteiger partial charge < -0.3 is 19.3 Å². The number of thiazole rings is 1. The largest absolute Gasteiger partial charge is 0.506 e. The maximum absolute atomic E-state index is 13.8. The van der Waals surface area contributed by atoms with Crippen LogP contribution >= 0.6 is 27.3 Å². The number of aromatic nitrogens is 1. The third-order valence-corrected chi connectivity index (χ3v) is 7.41. The zero-order valence-corrected chi connectivity index (χ0v) is 23.1. The number of carbonyl (C=O) groups is 1. The van der Waals surface area contributed by atoms with E-state index >= 15 is 0 Å². The van der Waals surface area contributed by atoms with E-state index in [-0.39, 0.29) is 38.2 Å². The predicted molar refractivity (Wildman–Crippen MR) is 142 cm³/mol. The standard InChI is InChI=1S/C25H22BrN3O8S/c1-5-37-24(32)20-12(2)27-25-28(21(20)16-7-6-15(35-3)11-18(16)36-4)23(31)19(38-25)9-13-8-14(29(33)34)10-17(26)22(13)30/h6-11,21,30H,5H2,1-4H3/b19-9-/t21-/m1/s1. The number of ether oxygens (including phenoxy) is 3. The molecule has 11 nitrogen and oxygen atoms in total. The lowest BCUT2D eigenvalue weighted by Gasteiger charge is -2.26. The molecule has 0 fully saturated rings. The lowest BCUT2D eigenvalue weighted by molar-refractivity contribution is -0.385. The van der Waals surface area contributed by atoms with E-state index < -0.39 is 22.5 Å². The van der Waals surface area contributed by atoms with Crippen LogP contribution in [0.3, 0.4) is 0 Å². The monoisotopic (exact) mass is 603 g/mol. The zero-order valence-electron chi connectivity index (χ0n) is 20.7. The SMILES string of the molecule is CCOC(=O)C1=C(C)N=c2s/c(=C\c3cc([N+](=O)[O-])cc(Br)c3O)c(=O)n2[C@@H]1c1ccc(OC)cc1OC. The average Bonchev–Trinajstić information content (AvgIpc) is 3.19. The molecule has 0 saturated carbocycles. The van der Waals surface area contributed by atoms with E-state index in [9.17, 15) is 24.8 Å². The summed E-state index contributed by atoms with van der Waals surface area (Å²) < 4.78 is 17.8. The number of hydrogen-bond donors (Lipinski definition) is 1. The Balaban J connectivity index is 2.02. The highest BCUT2D eigenvalue weighted by atomic mass is 79.9. The molecule has 1 aromatic heterocycles. The number of carbonyl (C=O) groups excluding carboxylic acids is 1. The Hall–Kier alpha value is -3.97. The number of nitro groups is 1. The minimum Gasteiger partial charge on any atom is -0.506 e. The van der Waals surface area contributed by atoms with E-state index in [4.69, 9.17) is 14.2 Å². The van der Waals surface area contributed by atoms with E-state index in [2.05, 4.69) is 20.9 Å². The molecule has 0 radical (unpaired) electrons. The number of benzene rings is 2. The second-order valence-corrected chi connectivity index (χ2v) is 9.90. The van der Waals surface area contributed by atoms with E-state index in [0.717, 1.165) is 17.4 Å². The van der Waals surface area contributed by atoms with Crippen molar-refractivity contribution in [2.75, 3.05) is 20.8 Å². The Morgan fingerprint density at radius 1 is 1.29 bits per heavy atom. The molecular formula is C25H22BrN3O8S. The van der Waals surface area contributed by atoms with Gasteiger partial charge in [0.1, 0.15) is 23.3 Å². The molecule has 13 heteroatoms. The summed E-state index contributed by atoms with van der Waals surface area (Å²) in [5.74, 6) is -0.00633. The van der Waals surface area contributed by atoms with Crippen molar-refractivity contribution in [3.05, 3.63) is 87.0 Å². The summed E-state index contributed by atoms with van der Waals surface area (Å²) in [5, 5.41) is 21.8. The topological polar surface area (TPSA) is 142 Å². The number of methoxy groups -OCH3 is 2. The Bertz CT molecular complexity index is 1670. The fraction of sp³-hybridized carbons (Fsp3) is 0.240. The van der Waals surface area contributed by atoms with Gasteiger partial charge in [0.15, 0.2) is 4.80 Å². The summed E-state index contributed by atoms with van der Waals surface area (Å²) >= 11 is 4.13. The molecule has 0 aliphatic carbocycles. The lowest BCUT2D eigenvalue weighted by atomic mass is 9.95. The molecule has 1 aliphatic rings. The number of esters is 1. The first kappa shape index (κ1) is 27.1. The number of phenolic OH excluding ortho intramolecular Hbond substituents is 1. The number of non-ortho nitro benzene ring substituents is 1. The van der Waals surface area contributed by atoms with Crippen LogP contribution in [0.1, 0.15) is 31.0 Å². The molecule has 38 heavy (non-hydrogen) atoms. The highest BCUT2D eigenvalue weighted by Crippen LogP contribution is 2.38. The number of phenols is 1. The summed E-state index contributed by atoms with van der Waals surface area (Å²) in [6, 6.07) is 6.41. The minimum atomic E-state index is -0.946. The molecule has 1 N–H and O–H groups in total. The number of allylic oxidation sites excluding steroid dienone is 1. The van der Waals surface area contributed by atoms with Crippen molar-refractivity contribution < 1.29 is 29.0 Å². The van der Waals surface area contributed by atoms with Crippen LogP contribution in [0.4, 0.5) is 5.69 Å². The fourth-order valence-corrected chi connectivity index (χ4v) is 5.59. The van der Waals surface area contributed by atoms with Gasteiger partial charge in [-0.05, 0) is 48.0 Å². The number of nitrogens with zero attached hydrogens (tertiary/aromatic N) is 3. The van der Waals surface area contributed by atoms with Crippen LogP contribution in [0.5, 0.6) is 17.2 Å². The third-order valence-electron chi connectivity index (χ3n) is 5.83. The highest BCUT2D eigenvalue weighted by molar-refractivity contribution is 9.10. The van der Waals surface area contributed by atoms with Gasteiger partial charge in [-0.2, -0.15) is 0 Å². The first-order valence-electron chi connectivity index (χ1n) is 11.2. The Morgan fingerprint density at radius 3 is 2.66 bits per heavy atom. The number of aromatic hydroxyl groups is 1. The maximum Gasteiger partial charge on any atom is 0.338 e. The van der Waals surface area contributed by atoms with Crippen molar-refractivity contribution in [2.45, 2.75) is 19.9 Å². The lowest BCUT2D eigenvalue weighted by Crippen LogP contribution is -2.40. The molecule has 1 aliphatic heterocycles. The van der Waals surface area contributed by atoms with Crippen molar-refractivity contribution in [2.24, 2.45) is 4.99 Å². The molecule has 2 heterocycles. The molecule has 0 unspecified atom stereocenters. The van der Waals surface area contributed by atoms with E-state index in [1.54, 1.807) is 32.0 Å². The van der Waals surface area contributed by atoms with Gasteiger partial charge in [-0.25, -0.2) is 9.79 Å². The molecule has 0 bridgehead atoms. The number of fused-ring (bicyclic) bond motifs is 1. The highest BCUT2D eigenvalue weighted by Gasteiger charge is 2.35. The van der Waals surface area contributed by atoms with Crippen molar-refractivity contribution in [1.29, 1.82) is 0 Å². The minimum absolute atomic E-state index is 0.0660. The second-order valence-electron chi connectivity index (χ2n) is 8.03. The molecule has 198 valence electrons. The van der Waals surface area contributed by atoms with Crippen LogP contribution in [-0.2, 0) is 9.53 Å². The molecule has 0 saturated heterocycles. The van der Waals surface area contributed by atoms with Crippen molar-refractivity contribution in [1.82, 2.24) is 4.57 Å². The van der Waals surface area contributed by atoms with Crippen LogP contribution < -0.4 is 24.4 Å². The molecular weight excluding hydrogens is 582 g/mol. The number of hydrogen-bond acceptors (Lipinski definition) is 10. The van der Waals surface area contributed by atoms with Crippen LogP contribution in [-0.4, -0.2) is 41.4 Å². The zero-order chi connectivity index (χ0) is 27.7. The van der Waals surface area contributed by atoms with Crippen molar-refractivity contribution in [3.8, 4) is 17.2 Å². The Kier molecular flexibility index (Phi) is 7.69. The first-order valence-corrected chi connectivity index (χ1v) is 12.8. The number of nitro benzene ring substituents is 1. The predicted octanol–water partition coefficient (Wildman–Crippen LogP) is 3.19. The maximum atomic E-state index is 13.8. The summed E-state index contributed by atoms with van der Waals surface area (Å²) in [6.07, 6.45) is 1.35. The first-order chi connectivity index (χ1) is 18.1. The average molecular weight is 604 g/mol. The molecule has 1 atom stereocenters. The van der Waals surface area contributed by atoms with Crippen molar-refractivity contribution in [3.63, 3.8) is 0 Å². The summed E-state index contributed by atoms with van der Waals surface area (Å²) in [4.78, 5) is 42.4. The molecule has 0 spiro atoms. The Morgan fingerprint density at radius 2 is 2.03 bits per heavy atom. The third kappa shape index (κ3) is 4.82. The molecule has 4 rings (SSSR count). The van der Waals surface area contributed by atoms with Gasteiger partial charge >= 0.3 is 5.97 Å². The van der Waals surface area contributed by atoms with E-state index in [1.165, 1.54) is 30.9 Å². The van der Waals surface area contributed by atoms with Gasteiger partial charge in [-0.15, -0.1) is 0 Å². The number of rotatable bonds is 7. The van der Waals surface area contributed by atoms with Crippen LogP contribution in [0, 0.1) is 10.1 Å². The summed E-state index contributed by atoms with van der Waals surface area (Å²) in [6.45, 7) is 3.44. The molecule has 0 amide bonds. The van der Waals surface area contributed by atoms with Crippen LogP contribution in [0.15, 0.2) is 55.9 Å². The smallest absolute Gasteiger partial charge is 0.338 e. The van der Waals surface area contributed by atoms with Gasteiger partial charge in [0.25, 0.3) is 11.2 Å². The summed E-state index contributed by atoms with van der Waals surface area (Å²) in [5.41, 5.74) is 0.300. The van der Waals surface area contributed by atoms with Gasteiger partial charge in [0.05, 0.1) is 46.0 Å². The molecule has 2 aromatic carbocycles. The number of halogens is 1. The fourth-order valence-electron chi connectivity index (χ4n) is 4.09. The quantitative estimate of drug-likeness (QED) is 0.246. The van der Waals surface area contributed by atoms with E-state index in [1.807, 2.05) is 0 Å². The molecule has 3 aromatic rings. The van der Waals surface area contributed by atoms with Gasteiger partial charge in [-0.1, -0.05) is 11.3 Å².